The molecule has 10 heteroatoms. The highest BCUT2D eigenvalue weighted by Gasteiger charge is 2.27. The van der Waals surface area contributed by atoms with Crippen molar-refractivity contribution < 1.29 is 18.0 Å². The van der Waals surface area contributed by atoms with Crippen LogP contribution in [-0.2, 0) is 11.3 Å². The Kier molecular flexibility index (Phi) is 6.64. The third-order valence-electron chi connectivity index (χ3n) is 4.88. The molecule has 0 saturated heterocycles. The lowest BCUT2D eigenvalue weighted by Crippen LogP contribution is -2.34. The molecule has 0 fully saturated rings. The maximum Gasteiger partial charge on any atom is 0.405 e. The van der Waals surface area contributed by atoms with Gasteiger partial charge in [-0.3, -0.25) is 4.79 Å². The fraction of sp³-hybridized carbons (Fsp3) is 0.217. The van der Waals surface area contributed by atoms with Crippen LogP contribution in [0.5, 0.6) is 0 Å². The number of pyridine rings is 1. The van der Waals surface area contributed by atoms with Gasteiger partial charge in [0.2, 0.25) is 5.91 Å². The molecule has 0 aliphatic heterocycles. The second kappa shape index (κ2) is 9.62. The Morgan fingerprint density at radius 2 is 1.79 bits per heavy atom. The highest BCUT2D eigenvalue weighted by atomic mass is 32.2. The number of aromatic nitrogens is 4. The number of hydrogen-bond donors (Lipinski definition) is 1. The van der Waals surface area contributed by atoms with E-state index in [1.54, 1.807) is 0 Å². The number of para-hydroxylation sites is 1. The number of rotatable bonds is 7. The molecule has 2 heterocycles. The predicted molar refractivity (Wildman–Crippen MR) is 122 cm³/mol. The van der Waals surface area contributed by atoms with Crippen molar-refractivity contribution in [2.45, 2.75) is 24.8 Å². The van der Waals surface area contributed by atoms with Crippen LogP contribution in [-0.4, -0.2) is 44.1 Å². The summed E-state index contributed by atoms with van der Waals surface area (Å²) < 4.78 is 38.8. The second-order valence-corrected chi connectivity index (χ2v) is 8.11. The van der Waals surface area contributed by atoms with Gasteiger partial charge in [0.15, 0.2) is 11.0 Å². The molecule has 33 heavy (non-hydrogen) atoms. The van der Waals surface area contributed by atoms with Gasteiger partial charge in [0, 0.05) is 23.1 Å². The lowest BCUT2D eigenvalue weighted by atomic mass is 10.0. The number of carbonyl (C=O) groups is 1. The molecule has 0 saturated carbocycles. The van der Waals surface area contributed by atoms with Crippen LogP contribution in [0.15, 0.2) is 65.8 Å². The Balaban J connectivity index is 1.67. The van der Waals surface area contributed by atoms with Gasteiger partial charge in [-0.2, -0.15) is 13.2 Å². The SMILES string of the molecule is CCn1c(SCC(=O)NCC(F)(F)F)nnc1-c1cc(-c2ccccc2)nc2ccccc12. The first-order valence-electron chi connectivity index (χ1n) is 10.2. The quantitative estimate of drug-likeness (QED) is 0.386. The van der Waals surface area contributed by atoms with Crippen LogP contribution < -0.4 is 5.32 Å². The van der Waals surface area contributed by atoms with Gasteiger partial charge in [-0.15, -0.1) is 10.2 Å². The van der Waals surface area contributed by atoms with Crippen molar-refractivity contribution in [3.05, 3.63) is 60.7 Å². The average molecular weight is 472 g/mol. The molecule has 1 N–H and O–H groups in total. The Morgan fingerprint density at radius 1 is 1.06 bits per heavy atom. The van der Waals surface area contributed by atoms with E-state index in [1.807, 2.05) is 77.5 Å². The topological polar surface area (TPSA) is 72.7 Å². The monoisotopic (exact) mass is 471 g/mol. The molecule has 0 spiro atoms. The van der Waals surface area contributed by atoms with Crippen molar-refractivity contribution in [1.29, 1.82) is 0 Å². The van der Waals surface area contributed by atoms with Crippen molar-refractivity contribution >= 4 is 28.6 Å². The standard InChI is InChI=1S/C23H20F3N5OS/c1-2-31-21(29-30-22(31)33-13-20(32)27-14-23(24,25)26)17-12-19(15-8-4-3-5-9-15)28-18-11-7-6-10-16(17)18/h3-12H,2,13-14H2,1H3,(H,27,32). The molecule has 170 valence electrons. The summed E-state index contributed by atoms with van der Waals surface area (Å²) in [5.74, 6) is -0.308. The number of nitrogens with one attached hydrogen (secondary N) is 1. The summed E-state index contributed by atoms with van der Waals surface area (Å²) >= 11 is 1.05. The van der Waals surface area contributed by atoms with Crippen LogP contribution >= 0.6 is 11.8 Å². The number of thioether (sulfide) groups is 1. The summed E-state index contributed by atoms with van der Waals surface area (Å²) in [6.45, 7) is 1.08. The Bertz CT molecular complexity index is 1270. The molecule has 0 bridgehead atoms. The number of amides is 1. The van der Waals surface area contributed by atoms with Crippen LogP contribution in [0, 0.1) is 0 Å². The summed E-state index contributed by atoms with van der Waals surface area (Å²) in [7, 11) is 0. The van der Waals surface area contributed by atoms with E-state index >= 15 is 0 Å². The zero-order valence-electron chi connectivity index (χ0n) is 17.6. The molecule has 6 nitrogen and oxygen atoms in total. The number of nitrogens with zero attached hydrogens (tertiary/aromatic N) is 4. The molecular formula is C23H20F3N5OS. The van der Waals surface area contributed by atoms with Gasteiger partial charge >= 0.3 is 6.18 Å². The lowest BCUT2D eigenvalue weighted by molar-refractivity contribution is -0.136. The zero-order chi connectivity index (χ0) is 23.4. The largest absolute Gasteiger partial charge is 0.405 e. The van der Waals surface area contributed by atoms with E-state index in [-0.39, 0.29) is 5.75 Å². The molecule has 0 unspecified atom stereocenters. The number of alkyl halides is 3. The van der Waals surface area contributed by atoms with E-state index in [0.717, 1.165) is 39.5 Å². The van der Waals surface area contributed by atoms with Gasteiger partial charge in [-0.1, -0.05) is 60.3 Å². The van der Waals surface area contributed by atoms with Gasteiger partial charge < -0.3 is 9.88 Å². The van der Waals surface area contributed by atoms with Crippen molar-refractivity contribution in [3.8, 4) is 22.6 Å². The van der Waals surface area contributed by atoms with Crippen molar-refractivity contribution in [3.63, 3.8) is 0 Å². The minimum atomic E-state index is -4.45. The number of hydrogen-bond acceptors (Lipinski definition) is 5. The van der Waals surface area contributed by atoms with Crippen LogP contribution in [0.2, 0.25) is 0 Å². The highest BCUT2D eigenvalue weighted by Crippen LogP contribution is 2.32. The number of benzene rings is 2. The Morgan fingerprint density at radius 3 is 2.52 bits per heavy atom. The molecule has 1 amide bonds. The normalized spacial score (nSPS) is 11.6. The predicted octanol–water partition coefficient (Wildman–Crippen LogP) is 4.95. The number of halogens is 3. The second-order valence-electron chi connectivity index (χ2n) is 7.17. The van der Waals surface area contributed by atoms with Gasteiger partial charge in [-0.05, 0) is 19.1 Å². The number of carbonyl (C=O) groups excluding carboxylic acids is 1. The van der Waals surface area contributed by atoms with Crippen molar-refractivity contribution in [1.82, 2.24) is 25.1 Å². The Labute approximate surface area is 192 Å². The van der Waals surface area contributed by atoms with E-state index in [4.69, 9.17) is 4.98 Å². The molecular weight excluding hydrogens is 451 g/mol. The van der Waals surface area contributed by atoms with Crippen molar-refractivity contribution in [2.24, 2.45) is 0 Å². The van der Waals surface area contributed by atoms with Crippen LogP contribution in [0.4, 0.5) is 13.2 Å². The smallest absolute Gasteiger partial charge is 0.346 e. The van der Waals surface area contributed by atoms with E-state index in [2.05, 4.69) is 10.2 Å². The van der Waals surface area contributed by atoms with Gasteiger partial charge in [-0.25, -0.2) is 4.98 Å². The minimum absolute atomic E-state index is 0.194. The summed E-state index contributed by atoms with van der Waals surface area (Å²) in [6, 6.07) is 19.5. The molecule has 0 aliphatic carbocycles. The van der Waals surface area contributed by atoms with Crippen LogP contribution in [0.3, 0.4) is 0 Å². The van der Waals surface area contributed by atoms with Crippen molar-refractivity contribution in [2.75, 3.05) is 12.3 Å². The van der Waals surface area contributed by atoms with E-state index in [9.17, 15) is 18.0 Å². The first-order valence-corrected chi connectivity index (χ1v) is 11.2. The molecule has 2 aromatic heterocycles. The Hall–Kier alpha value is -3.40. The zero-order valence-corrected chi connectivity index (χ0v) is 18.5. The molecule has 0 radical (unpaired) electrons. The first-order chi connectivity index (χ1) is 15.9. The van der Waals surface area contributed by atoms with E-state index in [0.29, 0.717) is 17.5 Å². The third kappa shape index (κ3) is 5.33. The van der Waals surface area contributed by atoms with Crippen LogP contribution in [0.25, 0.3) is 33.5 Å². The lowest BCUT2D eigenvalue weighted by Gasteiger charge is -2.12. The minimum Gasteiger partial charge on any atom is -0.346 e. The molecule has 4 rings (SSSR count). The third-order valence-corrected chi connectivity index (χ3v) is 5.84. The van der Waals surface area contributed by atoms with Crippen LogP contribution in [0.1, 0.15) is 6.92 Å². The molecule has 2 aromatic carbocycles. The fourth-order valence-corrected chi connectivity index (χ4v) is 4.21. The molecule has 0 aliphatic rings. The van der Waals surface area contributed by atoms with E-state index in [1.165, 1.54) is 0 Å². The average Bonchev–Trinajstić information content (AvgIpc) is 3.23. The summed E-state index contributed by atoms with van der Waals surface area (Å²) in [6.07, 6.45) is -4.45. The van der Waals surface area contributed by atoms with E-state index < -0.39 is 18.6 Å². The highest BCUT2D eigenvalue weighted by molar-refractivity contribution is 7.99. The summed E-state index contributed by atoms with van der Waals surface area (Å²) in [5.41, 5.74) is 3.39. The number of fused-ring (bicyclic) bond motifs is 1. The summed E-state index contributed by atoms with van der Waals surface area (Å²) in [5, 5.41) is 11.8. The fourth-order valence-electron chi connectivity index (χ4n) is 3.38. The first kappa shape index (κ1) is 22.8. The molecule has 4 aromatic rings. The van der Waals surface area contributed by atoms with Gasteiger partial charge in [0.1, 0.15) is 6.54 Å². The van der Waals surface area contributed by atoms with Gasteiger partial charge in [0.05, 0.1) is 17.0 Å². The van der Waals surface area contributed by atoms with Gasteiger partial charge in [0.25, 0.3) is 0 Å². The summed E-state index contributed by atoms with van der Waals surface area (Å²) in [4.78, 5) is 16.6. The molecule has 0 atom stereocenters. The maximum absolute atomic E-state index is 12.3. The maximum atomic E-state index is 12.3.